The van der Waals surface area contributed by atoms with E-state index in [0.717, 1.165) is 17.1 Å². The number of nitrogens with zero attached hydrogens (tertiary/aromatic N) is 2. The minimum Gasteiger partial charge on any atom is -0.310 e. The van der Waals surface area contributed by atoms with Gasteiger partial charge in [-0.25, -0.2) is 0 Å². The van der Waals surface area contributed by atoms with Crippen molar-refractivity contribution < 1.29 is 0 Å². The molecule has 0 radical (unpaired) electrons. The molecule has 1 aliphatic carbocycles. The minimum atomic E-state index is -0.509. The van der Waals surface area contributed by atoms with Gasteiger partial charge in [0.1, 0.15) is 0 Å². The molecular weight excluding hydrogens is 785 g/mol. The summed E-state index contributed by atoms with van der Waals surface area (Å²) in [5.41, 5.74) is 18.9. The largest absolute Gasteiger partial charge is 0.310 e. The molecule has 0 aliphatic heterocycles. The van der Waals surface area contributed by atoms with E-state index in [1.54, 1.807) is 0 Å². The number of benzene rings is 10. The van der Waals surface area contributed by atoms with E-state index >= 15 is 0 Å². The van der Waals surface area contributed by atoms with Gasteiger partial charge in [0, 0.05) is 33.6 Å². The lowest BCUT2D eigenvalue weighted by Gasteiger charge is -2.35. The van der Waals surface area contributed by atoms with Crippen LogP contribution < -0.4 is 4.90 Å². The van der Waals surface area contributed by atoms with Crippen molar-refractivity contribution in [3.63, 3.8) is 0 Å². The fourth-order valence-corrected chi connectivity index (χ4v) is 11.0. The van der Waals surface area contributed by atoms with Crippen molar-refractivity contribution in [3.8, 4) is 33.4 Å². The zero-order chi connectivity index (χ0) is 42.9. The van der Waals surface area contributed by atoms with Gasteiger partial charge < -0.3 is 9.30 Å². The van der Waals surface area contributed by atoms with E-state index in [1.165, 1.54) is 93.7 Å². The SMILES string of the molecule is c1ccc(-c2c3cccc(-c4ccc(N(c5ccc6c(c5)C(c5ccccc5)(c5ccccc5)c5ccccc5-6)c5ccc6ccccc6c5)cc4)c3n3c2ccc2ccccc23)cc1. The van der Waals surface area contributed by atoms with E-state index in [0.29, 0.717) is 0 Å². The van der Waals surface area contributed by atoms with Crippen molar-refractivity contribution in [1.82, 2.24) is 4.40 Å². The topological polar surface area (TPSA) is 7.65 Å². The molecule has 304 valence electrons. The van der Waals surface area contributed by atoms with Gasteiger partial charge in [-0.05, 0) is 109 Å². The third-order valence-corrected chi connectivity index (χ3v) is 13.8. The van der Waals surface area contributed by atoms with Crippen molar-refractivity contribution in [2.45, 2.75) is 5.41 Å². The molecule has 2 heterocycles. The van der Waals surface area contributed by atoms with Crippen molar-refractivity contribution in [1.29, 1.82) is 0 Å². The molecule has 2 aromatic heterocycles. The van der Waals surface area contributed by atoms with Gasteiger partial charge in [-0.3, -0.25) is 0 Å². The zero-order valence-corrected chi connectivity index (χ0v) is 35.6. The second-order valence-electron chi connectivity index (χ2n) is 17.2. The van der Waals surface area contributed by atoms with E-state index in [4.69, 9.17) is 0 Å². The Balaban J connectivity index is 1.02. The van der Waals surface area contributed by atoms with Crippen LogP contribution in [0.2, 0.25) is 0 Å². The summed E-state index contributed by atoms with van der Waals surface area (Å²) in [5.74, 6) is 0. The van der Waals surface area contributed by atoms with Crippen LogP contribution in [-0.2, 0) is 5.41 Å². The Kier molecular flexibility index (Phi) is 8.47. The van der Waals surface area contributed by atoms with Crippen LogP contribution in [0.3, 0.4) is 0 Å². The Bertz CT molecular complexity index is 3720. The minimum absolute atomic E-state index is 0.509. The molecule has 13 rings (SSSR count). The summed E-state index contributed by atoms with van der Waals surface area (Å²) in [7, 11) is 0. The lowest BCUT2D eigenvalue weighted by molar-refractivity contribution is 0.768. The zero-order valence-electron chi connectivity index (χ0n) is 35.6. The molecule has 0 spiro atoms. The molecule has 1 aliphatic rings. The summed E-state index contributed by atoms with van der Waals surface area (Å²) in [6.07, 6.45) is 0. The van der Waals surface area contributed by atoms with E-state index in [9.17, 15) is 0 Å². The molecule has 0 unspecified atom stereocenters. The second kappa shape index (κ2) is 14.8. The monoisotopic (exact) mass is 826 g/mol. The third kappa shape index (κ3) is 5.67. The van der Waals surface area contributed by atoms with Gasteiger partial charge in [0.25, 0.3) is 0 Å². The van der Waals surface area contributed by atoms with Crippen molar-refractivity contribution in [2.24, 2.45) is 0 Å². The molecule has 0 saturated heterocycles. The van der Waals surface area contributed by atoms with Gasteiger partial charge in [-0.2, -0.15) is 0 Å². The number of para-hydroxylation sites is 2. The Morgan fingerprint density at radius 3 is 1.66 bits per heavy atom. The van der Waals surface area contributed by atoms with Crippen LogP contribution in [0.1, 0.15) is 22.3 Å². The summed E-state index contributed by atoms with van der Waals surface area (Å²) in [6, 6.07) is 93.9. The number of fused-ring (bicyclic) bond motifs is 9. The van der Waals surface area contributed by atoms with Gasteiger partial charge in [-0.15, -0.1) is 0 Å². The fourth-order valence-electron chi connectivity index (χ4n) is 11.0. The van der Waals surface area contributed by atoms with E-state index in [1.807, 2.05) is 0 Å². The molecule has 2 nitrogen and oxygen atoms in total. The molecular formula is C63H42N2. The maximum atomic E-state index is 2.48. The average molecular weight is 827 g/mol. The number of rotatable bonds is 7. The van der Waals surface area contributed by atoms with Crippen LogP contribution in [0.5, 0.6) is 0 Å². The van der Waals surface area contributed by atoms with Gasteiger partial charge in [-0.1, -0.05) is 206 Å². The number of anilines is 3. The maximum Gasteiger partial charge on any atom is 0.0714 e. The molecule has 0 saturated carbocycles. The van der Waals surface area contributed by atoms with Crippen molar-refractivity contribution in [3.05, 3.63) is 277 Å². The molecule has 0 fully saturated rings. The summed E-state index contributed by atoms with van der Waals surface area (Å²) >= 11 is 0. The Morgan fingerprint density at radius 1 is 0.323 bits per heavy atom. The summed E-state index contributed by atoms with van der Waals surface area (Å²) in [5, 5.41) is 4.88. The first-order valence-electron chi connectivity index (χ1n) is 22.5. The van der Waals surface area contributed by atoms with Gasteiger partial charge >= 0.3 is 0 Å². The highest BCUT2D eigenvalue weighted by molar-refractivity contribution is 6.13. The molecule has 0 N–H and O–H groups in total. The van der Waals surface area contributed by atoms with Crippen LogP contribution in [0, 0.1) is 0 Å². The number of pyridine rings is 1. The van der Waals surface area contributed by atoms with Crippen LogP contribution in [0.4, 0.5) is 17.1 Å². The van der Waals surface area contributed by atoms with Gasteiger partial charge in [0.15, 0.2) is 0 Å². The average Bonchev–Trinajstić information content (AvgIpc) is 3.88. The molecule has 10 aromatic carbocycles. The van der Waals surface area contributed by atoms with Crippen LogP contribution in [0.25, 0.3) is 71.5 Å². The first-order chi connectivity index (χ1) is 32.3. The Morgan fingerprint density at radius 2 is 0.892 bits per heavy atom. The predicted molar refractivity (Wildman–Crippen MR) is 273 cm³/mol. The highest BCUT2D eigenvalue weighted by Crippen LogP contribution is 2.57. The molecule has 0 atom stereocenters. The highest BCUT2D eigenvalue weighted by Gasteiger charge is 2.46. The highest BCUT2D eigenvalue weighted by atomic mass is 15.1. The lowest BCUT2D eigenvalue weighted by Crippen LogP contribution is -2.28. The lowest BCUT2D eigenvalue weighted by atomic mass is 9.67. The Hall–Kier alpha value is -8.46. The quantitative estimate of drug-likeness (QED) is 0.155. The van der Waals surface area contributed by atoms with E-state index < -0.39 is 5.41 Å². The third-order valence-electron chi connectivity index (χ3n) is 13.8. The van der Waals surface area contributed by atoms with Crippen LogP contribution >= 0.6 is 0 Å². The molecule has 65 heavy (non-hydrogen) atoms. The second-order valence-corrected chi connectivity index (χ2v) is 17.2. The van der Waals surface area contributed by atoms with Crippen LogP contribution in [0.15, 0.2) is 255 Å². The molecule has 12 aromatic rings. The standard InChI is InChI=1S/C63H42N2/c1-4-19-46(20-5-1)61-56-28-16-27-53(62(56)65-59-30-15-12-18-45(59)34-40-60(61)65)44-32-35-50(36-33-44)64(51-37-31-43-17-10-11-21-47(43)41-51)52-38-39-55-54-26-13-14-29-57(54)63(58(55)42-52,48-22-6-2-7-23-48)49-24-8-3-9-25-49/h1-42H. The first-order valence-corrected chi connectivity index (χ1v) is 22.5. The van der Waals surface area contributed by atoms with E-state index in [2.05, 4.69) is 264 Å². The number of hydrogen-bond acceptors (Lipinski definition) is 1. The normalized spacial score (nSPS) is 12.7. The number of aromatic nitrogens is 1. The van der Waals surface area contributed by atoms with E-state index in [-0.39, 0.29) is 0 Å². The maximum absolute atomic E-state index is 2.48. The first kappa shape index (κ1) is 37.1. The summed E-state index contributed by atoms with van der Waals surface area (Å²) < 4.78 is 2.48. The smallest absolute Gasteiger partial charge is 0.0714 e. The fraction of sp³-hybridized carbons (Fsp3) is 0.0159. The summed E-state index contributed by atoms with van der Waals surface area (Å²) in [6.45, 7) is 0. The molecule has 0 amide bonds. The molecule has 2 heteroatoms. The van der Waals surface area contributed by atoms with Crippen LogP contribution in [-0.4, -0.2) is 4.40 Å². The molecule has 0 bridgehead atoms. The van der Waals surface area contributed by atoms with Crippen molar-refractivity contribution >= 4 is 55.2 Å². The Labute approximate surface area is 378 Å². The number of hydrogen-bond donors (Lipinski definition) is 0. The predicted octanol–water partition coefficient (Wildman–Crippen LogP) is 16.6. The van der Waals surface area contributed by atoms with Gasteiger partial charge in [0.05, 0.1) is 22.0 Å². The summed E-state index contributed by atoms with van der Waals surface area (Å²) in [4.78, 5) is 2.44. The van der Waals surface area contributed by atoms with Gasteiger partial charge in [0.2, 0.25) is 0 Å². The van der Waals surface area contributed by atoms with Crippen molar-refractivity contribution in [2.75, 3.05) is 4.90 Å².